The molecule has 0 aliphatic carbocycles. The van der Waals surface area contributed by atoms with Gasteiger partial charge in [0.15, 0.2) is 0 Å². The van der Waals surface area contributed by atoms with Gasteiger partial charge in [0.2, 0.25) is 0 Å². The molecule has 0 fully saturated rings. The highest BCUT2D eigenvalue weighted by Gasteiger charge is 2.15. The van der Waals surface area contributed by atoms with Crippen molar-refractivity contribution in [1.29, 1.82) is 0 Å². The molecular formula is C14H11BrClNO3. The minimum Gasteiger partial charge on any atom is -0.489 e. The van der Waals surface area contributed by atoms with E-state index in [-0.39, 0.29) is 12.3 Å². The van der Waals surface area contributed by atoms with E-state index in [1.807, 2.05) is 13.0 Å². The molecule has 0 saturated carbocycles. The molecule has 20 heavy (non-hydrogen) atoms. The molecular weight excluding hydrogens is 346 g/mol. The highest BCUT2D eigenvalue weighted by atomic mass is 79.9. The van der Waals surface area contributed by atoms with Crippen molar-refractivity contribution in [3.8, 4) is 5.75 Å². The van der Waals surface area contributed by atoms with Crippen molar-refractivity contribution in [1.82, 2.24) is 0 Å². The second kappa shape index (κ2) is 6.24. The molecule has 0 heterocycles. The summed E-state index contributed by atoms with van der Waals surface area (Å²) in [5.41, 5.74) is 1.66. The van der Waals surface area contributed by atoms with Crippen molar-refractivity contribution in [2.45, 2.75) is 13.5 Å². The fourth-order valence-corrected chi connectivity index (χ4v) is 2.33. The lowest BCUT2D eigenvalue weighted by molar-refractivity contribution is -0.385. The standard InChI is InChI=1S/C14H11BrClNO3/c1-9-7-11(5-6-12(9)16)20-8-10-3-2-4-13(14(10)15)17(18)19/h2-7H,8H2,1H3. The number of hydrogen-bond acceptors (Lipinski definition) is 3. The monoisotopic (exact) mass is 355 g/mol. The summed E-state index contributed by atoms with van der Waals surface area (Å²) < 4.78 is 6.07. The molecule has 0 amide bonds. The van der Waals surface area contributed by atoms with Gasteiger partial charge in [-0.2, -0.15) is 0 Å². The van der Waals surface area contributed by atoms with Crippen molar-refractivity contribution in [2.24, 2.45) is 0 Å². The fraction of sp³-hybridized carbons (Fsp3) is 0.143. The zero-order chi connectivity index (χ0) is 14.7. The largest absolute Gasteiger partial charge is 0.489 e. The van der Waals surface area contributed by atoms with Gasteiger partial charge in [0, 0.05) is 16.7 Å². The van der Waals surface area contributed by atoms with E-state index in [9.17, 15) is 10.1 Å². The molecule has 2 aromatic rings. The zero-order valence-corrected chi connectivity index (χ0v) is 12.9. The third kappa shape index (κ3) is 3.29. The maximum Gasteiger partial charge on any atom is 0.283 e. The van der Waals surface area contributed by atoms with Gasteiger partial charge in [-0.05, 0) is 46.6 Å². The molecule has 104 valence electrons. The number of nitro benzene ring substituents is 1. The van der Waals surface area contributed by atoms with Crippen molar-refractivity contribution >= 4 is 33.2 Å². The summed E-state index contributed by atoms with van der Waals surface area (Å²) in [6.45, 7) is 2.13. The molecule has 0 aliphatic heterocycles. The first kappa shape index (κ1) is 14.8. The van der Waals surface area contributed by atoms with E-state index in [0.717, 1.165) is 5.56 Å². The topological polar surface area (TPSA) is 52.4 Å². The predicted molar refractivity (Wildman–Crippen MR) is 81.3 cm³/mol. The first-order valence-electron chi connectivity index (χ1n) is 5.80. The maximum absolute atomic E-state index is 10.9. The first-order chi connectivity index (χ1) is 9.49. The Hall–Kier alpha value is -1.59. The van der Waals surface area contributed by atoms with Gasteiger partial charge in [-0.1, -0.05) is 23.7 Å². The van der Waals surface area contributed by atoms with Crippen LogP contribution < -0.4 is 4.74 Å². The Kier molecular flexibility index (Phi) is 4.62. The van der Waals surface area contributed by atoms with Crippen LogP contribution in [0.25, 0.3) is 0 Å². The number of benzene rings is 2. The van der Waals surface area contributed by atoms with Crippen LogP contribution in [0.4, 0.5) is 5.69 Å². The van der Waals surface area contributed by atoms with E-state index in [2.05, 4.69) is 15.9 Å². The van der Waals surface area contributed by atoms with Crippen molar-refractivity contribution in [3.63, 3.8) is 0 Å². The quantitative estimate of drug-likeness (QED) is 0.578. The molecule has 0 aromatic heterocycles. The third-order valence-electron chi connectivity index (χ3n) is 2.78. The highest BCUT2D eigenvalue weighted by Crippen LogP contribution is 2.29. The second-order valence-electron chi connectivity index (χ2n) is 4.21. The summed E-state index contributed by atoms with van der Waals surface area (Å²) in [4.78, 5) is 10.4. The van der Waals surface area contributed by atoms with Gasteiger partial charge in [0.1, 0.15) is 16.8 Å². The Balaban J connectivity index is 2.17. The summed E-state index contributed by atoms with van der Waals surface area (Å²) in [5, 5.41) is 11.5. The number of halogens is 2. The average Bonchev–Trinajstić information content (AvgIpc) is 2.41. The van der Waals surface area contributed by atoms with Gasteiger partial charge in [-0.15, -0.1) is 0 Å². The van der Waals surface area contributed by atoms with E-state index >= 15 is 0 Å². The van der Waals surface area contributed by atoms with E-state index in [4.69, 9.17) is 16.3 Å². The van der Waals surface area contributed by atoms with Gasteiger partial charge in [-0.3, -0.25) is 10.1 Å². The van der Waals surface area contributed by atoms with Crippen LogP contribution in [0.3, 0.4) is 0 Å². The Morgan fingerprint density at radius 3 is 2.75 bits per heavy atom. The number of rotatable bonds is 4. The lowest BCUT2D eigenvalue weighted by atomic mass is 10.2. The van der Waals surface area contributed by atoms with Crippen LogP contribution in [-0.4, -0.2) is 4.92 Å². The van der Waals surface area contributed by atoms with Crippen molar-refractivity contribution in [2.75, 3.05) is 0 Å². The van der Waals surface area contributed by atoms with E-state index in [0.29, 0.717) is 20.8 Å². The van der Waals surface area contributed by atoms with Gasteiger partial charge >= 0.3 is 0 Å². The minimum absolute atomic E-state index is 0.0263. The van der Waals surface area contributed by atoms with Crippen LogP contribution in [0.1, 0.15) is 11.1 Å². The molecule has 0 radical (unpaired) electrons. The smallest absolute Gasteiger partial charge is 0.283 e. The van der Waals surface area contributed by atoms with Crippen molar-refractivity contribution < 1.29 is 9.66 Å². The fourth-order valence-electron chi connectivity index (χ4n) is 1.69. The molecule has 2 rings (SSSR count). The average molecular weight is 357 g/mol. The number of hydrogen-bond donors (Lipinski definition) is 0. The Morgan fingerprint density at radius 1 is 1.35 bits per heavy atom. The highest BCUT2D eigenvalue weighted by molar-refractivity contribution is 9.10. The summed E-state index contributed by atoms with van der Waals surface area (Å²) in [5.74, 6) is 0.672. The molecule has 0 spiro atoms. The van der Waals surface area contributed by atoms with Crippen LogP contribution in [0.5, 0.6) is 5.75 Å². The molecule has 0 bridgehead atoms. The third-order valence-corrected chi connectivity index (χ3v) is 4.12. The molecule has 0 N–H and O–H groups in total. The summed E-state index contributed by atoms with van der Waals surface area (Å²) in [7, 11) is 0. The Morgan fingerprint density at radius 2 is 2.10 bits per heavy atom. The van der Waals surface area contributed by atoms with Gasteiger partial charge < -0.3 is 4.74 Å². The lowest BCUT2D eigenvalue weighted by Crippen LogP contribution is -1.99. The molecule has 0 atom stereocenters. The van der Waals surface area contributed by atoms with Crippen LogP contribution in [0.15, 0.2) is 40.9 Å². The van der Waals surface area contributed by atoms with Crippen LogP contribution in [0, 0.1) is 17.0 Å². The molecule has 4 nitrogen and oxygen atoms in total. The van der Waals surface area contributed by atoms with Crippen LogP contribution in [-0.2, 0) is 6.61 Å². The number of aryl methyl sites for hydroxylation is 1. The SMILES string of the molecule is Cc1cc(OCc2cccc([N+](=O)[O-])c2Br)ccc1Cl. The molecule has 0 aliphatic rings. The van der Waals surface area contributed by atoms with Crippen LogP contribution >= 0.6 is 27.5 Å². The normalized spacial score (nSPS) is 10.3. The van der Waals surface area contributed by atoms with E-state index < -0.39 is 4.92 Å². The number of nitro groups is 1. The molecule has 0 saturated heterocycles. The number of ether oxygens (including phenoxy) is 1. The molecule has 2 aromatic carbocycles. The second-order valence-corrected chi connectivity index (χ2v) is 5.41. The van der Waals surface area contributed by atoms with E-state index in [1.165, 1.54) is 6.07 Å². The summed E-state index contributed by atoms with van der Waals surface area (Å²) in [6, 6.07) is 10.2. The zero-order valence-electron chi connectivity index (χ0n) is 10.6. The summed E-state index contributed by atoms with van der Waals surface area (Å²) >= 11 is 9.18. The number of nitrogens with zero attached hydrogens (tertiary/aromatic N) is 1. The lowest BCUT2D eigenvalue weighted by Gasteiger charge is -2.09. The summed E-state index contributed by atoms with van der Waals surface area (Å²) in [6.07, 6.45) is 0. The van der Waals surface area contributed by atoms with Crippen LogP contribution in [0.2, 0.25) is 5.02 Å². The first-order valence-corrected chi connectivity index (χ1v) is 6.97. The molecule has 0 unspecified atom stereocenters. The maximum atomic E-state index is 10.9. The van der Waals surface area contributed by atoms with Gasteiger partial charge in [0.05, 0.1) is 4.92 Å². The Bertz CT molecular complexity index is 661. The van der Waals surface area contributed by atoms with Crippen molar-refractivity contribution in [3.05, 3.63) is 67.1 Å². The van der Waals surface area contributed by atoms with Gasteiger partial charge in [0.25, 0.3) is 5.69 Å². The predicted octanol–water partition coefficient (Wildman–Crippen LogP) is 4.90. The Labute approximate surface area is 129 Å². The van der Waals surface area contributed by atoms with Gasteiger partial charge in [-0.25, -0.2) is 0 Å². The molecule has 6 heteroatoms. The minimum atomic E-state index is -0.431. The van der Waals surface area contributed by atoms with E-state index in [1.54, 1.807) is 24.3 Å².